The number of aromatic amines is 1. The van der Waals surface area contributed by atoms with Gasteiger partial charge in [-0.2, -0.15) is 5.10 Å². The van der Waals surface area contributed by atoms with Gasteiger partial charge in [-0.3, -0.25) is 9.89 Å². The first-order chi connectivity index (χ1) is 15.9. The molecule has 33 heavy (non-hydrogen) atoms. The number of nitrogens with one attached hydrogen (secondary N) is 3. The van der Waals surface area contributed by atoms with Crippen molar-refractivity contribution in [3.05, 3.63) is 41.6 Å². The van der Waals surface area contributed by atoms with Crippen molar-refractivity contribution in [1.29, 1.82) is 0 Å². The summed E-state index contributed by atoms with van der Waals surface area (Å²) < 4.78 is 30.3. The van der Waals surface area contributed by atoms with Crippen LogP contribution in [0, 0.1) is 17.7 Å². The number of hydrogen-bond donors (Lipinski definition) is 3. The first kappa shape index (κ1) is 20.4. The predicted molar refractivity (Wildman–Crippen MR) is 123 cm³/mol. The number of alkyl halides is 1. The largest absolute Gasteiger partial charge is 0.378 e. The van der Waals surface area contributed by atoms with Crippen molar-refractivity contribution >= 4 is 45.6 Å². The number of benzene rings is 1. The number of halogens is 3. The average molecular weight is 471 g/mol. The van der Waals surface area contributed by atoms with E-state index >= 15 is 4.39 Å². The molecule has 3 aromatic heterocycles. The second-order valence-electron chi connectivity index (χ2n) is 8.96. The maximum atomic E-state index is 15.4. The quantitative estimate of drug-likeness (QED) is 0.362. The van der Waals surface area contributed by atoms with Crippen molar-refractivity contribution in [3.8, 4) is 11.1 Å². The van der Waals surface area contributed by atoms with E-state index in [4.69, 9.17) is 11.6 Å². The van der Waals surface area contributed by atoms with Crippen LogP contribution < -0.4 is 10.6 Å². The van der Waals surface area contributed by atoms with E-state index in [1.807, 2.05) is 6.92 Å². The second-order valence-corrected chi connectivity index (χ2v) is 9.34. The van der Waals surface area contributed by atoms with Crippen molar-refractivity contribution in [2.45, 2.75) is 38.4 Å². The van der Waals surface area contributed by atoms with Gasteiger partial charge in [0.15, 0.2) is 11.6 Å². The van der Waals surface area contributed by atoms with Crippen molar-refractivity contribution < 1.29 is 13.6 Å². The van der Waals surface area contributed by atoms with Crippen LogP contribution in [0.1, 0.15) is 26.2 Å². The molecule has 3 heterocycles. The van der Waals surface area contributed by atoms with Gasteiger partial charge >= 0.3 is 0 Å². The average Bonchev–Trinajstić information content (AvgIpc) is 3.68. The summed E-state index contributed by atoms with van der Waals surface area (Å²) in [6.45, 7) is 2.04. The number of hydrogen-bond acceptors (Lipinski definition) is 4. The molecule has 2 fully saturated rings. The number of pyridine rings is 1. The van der Waals surface area contributed by atoms with E-state index < -0.39 is 17.9 Å². The number of amides is 1. The van der Waals surface area contributed by atoms with Gasteiger partial charge in [0.05, 0.1) is 34.5 Å². The maximum Gasteiger partial charge on any atom is 0.231 e. The summed E-state index contributed by atoms with van der Waals surface area (Å²) in [6, 6.07) is 3.67. The normalized spacial score (nSPS) is 20.8. The highest BCUT2D eigenvalue weighted by Crippen LogP contribution is 2.43. The third-order valence-electron chi connectivity index (χ3n) is 6.53. The number of carbonyl (C=O) groups excluding carboxylic acids is 1. The van der Waals surface area contributed by atoms with E-state index in [9.17, 15) is 9.18 Å². The van der Waals surface area contributed by atoms with Crippen LogP contribution in [0.2, 0.25) is 5.02 Å². The molecule has 0 bridgehead atoms. The lowest BCUT2D eigenvalue weighted by atomic mass is 10.0. The monoisotopic (exact) mass is 470 g/mol. The number of aromatic nitrogens is 4. The van der Waals surface area contributed by atoms with Gasteiger partial charge in [-0.25, -0.2) is 13.8 Å². The Hall–Kier alpha value is -3.20. The van der Waals surface area contributed by atoms with Crippen LogP contribution in [0.3, 0.4) is 0 Å². The standard InChI is InChI=1S/C23H21ClF2N6O/c1-10(11-2-3-11)28-22-20(26)19(24)18(14-7-27-31-21(14)22)12-4-5-17-29-16(9-32(17)8-12)30-23(33)13-6-15(13)25/h4-5,7-11,13,15,28H,2-3,6H2,1H3,(H,27,31)(H,30,33)/t10?,13-,15+/m1/s1. The minimum absolute atomic E-state index is 0.00473. The van der Waals surface area contributed by atoms with E-state index in [-0.39, 0.29) is 23.4 Å². The molecule has 6 rings (SSSR count). The molecule has 1 unspecified atom stereocenters. The molecule has 1 aromatic carbocycles. The molecule has 2 aliphatic rings. The number of nitrogens with zero attached hydrogens (tertiary/aromatic N) is 3. The van der Waals surface area contributed by atoms with Crippen molar-refractivity contribution in [2.24, 2.45) is 11.8 Å². The lowest BCUT2D eigenvalue weighted by molar-refractivity contribution is -0.117. The smallest absolute Gasteiger partial charge is 0.231 e. The Morgan fingerprint density at radius 3 is 2.85 bits per heavy atom. The SMILES string of the molecule is CC(Nc1c(F)c(Cl)c(-c2ccc3nc(NC(=O)[C@@H]4C[C@@H]4F)cn3c2)c2cn[nH]c12)C1CC1. The van der Waals surface area contributed by atoms with Gasteiger partial charge in [0, 0.05) is 28.8 Å². The van der Waals surface area contributed by atoms with E-state index in [1.165, 1.54) is 0 Å². The van der Waals surface area contributed by atoms with Gasteiger partial charge in [0.1, 0.15) is 11.8 Å². The first-order valence-corrected chi connectivity index (χ1v) is 11.3. The van der Waals surface area contributed by atoms with Crippen LogP contribution in [-0.4, -0.2) is 37.7 Å². The summed E-state index contributed by atoms with van der Waals surface area (Å²) in [5.74, 6) is -0.638. The van der Waals surface area contributed by atoms with Crippen LogP contribution in [0.25, 0.3) is 27.7 Å². The van der Waals surface area contributed by atoms with Crippen LogP contribution in [0.15, 0.2) is 30.7 Å². The molecule has 2 aliphatic carbocycles. The minimum atomic E-state index is -1.08. The highest BCUT2D eigenvalue weighted by molar-refractivity contribution is 6.36. The molecular weight excluding hydrogens is 450 g/mol. The molecule has 4 aromatic rings. The third kappa shape index (κ3) is 3.51. The molecule has 7 nitrogen and oxygen atoms in total. The molecule has 2 saturated carbocycles. The number of anilines is 2. The zero-order valence-electron chi connectivity index (χ0n) is 17.7. The fourth-order valence-corrected chi connectivity index (χ4v) is 4.63. The zero-order chi connectivity index (χ0) is 22.9. The van der Waals surface area contributed by atoms with Gasteiger partial charge in [-0.05, 0) is 44.2 Å². The summed E-state index contributed by atoms with van der Waals surface area (Å²) in [4.78, 5) is 16.4. The summed E-state index contributed by atoms with van der Waals surface area (Å²) >= 11 is 6.55. The molecule has 0 radical (unpaired) electrons. The van der Waals surface area contributed by atoms with Crippen LogP contribution in [-0.2, 0) is 4.79 Å². The Morgan fingerprint density at radius 2 is 2.12 bits per heavy atom. The Labute approximate surface area is 192 Å². The Kier molecular flexibility index (Phi) is 4.58. The fraction of sp³-hybridized carbons (Fsp3) is 0.348. The van der Waals surface area contributed by atoms with Gasteiger partial charge in [0.2, 0.25) is 5.91 Å². The van der Waals surface area contributed by atoms with E-state index in [2.05, 4.69) is 25.8 Å². The van der Waals surface area contributed by atoms with Crippen molar-refractivity contribution in [3.63, 3.8) is 0 Å². The van der Waals surface area contributed by atoms with Crippen LogP contribution in [0.4, 0.5) is 20.3 Å². The highest BCUT2D eigenvalue weighted by atomic mass is 35.5. The molecule has 1 amide bonds. The number of H-pyrrole nitrogens is 1. The van der Waals surface area contributed by atoms with E-state index in [0.717, 1.165) is 12.8 Å². The lowest BCUT2D eigenvalue weighted by Crippen LogP contribution is -2.18. The maximum absolute atomic E-state index is 15.4. The van der Waals surface area contributed by atoms with Gasteiger partial charge in [-0.15, -0.1) is 0 Å². The Balaban J connectivity index is 1.38. The van der Waals surface area contributed by atoms with Crippen molar-refractivity contribution in [1.82, 2.24) is 19.6 Å². The molecule has 3 atom stereocenters. The summed E-state index contributed by atoms with van der Waals surface area (Å²) in [7, 11) is 0. The predicted octanol–water partition coefficient (Wildman–Crippen LogP) is 5.18. The van der Waals surface area contributed by atoms with Crippen LogP contribution >= 0.6 is 11.6 Å². The van der Waals surface area contributed by atoms with Gasteiger partial charge in [0.25, 0.3) is 0 Å². The zero-order valence-corrected chi connectivity index (χ0v) is 18.5. The summed E-state index contributed by atoms with van der Waals surface area (Å²) in [5.41, 5.74) is 2.65. The van der Waals surface area contributed by atoms with Crippen LogP contribution in [0.5, 0.6) is 0 Å². The number of carbonyl (C=O) groups is 1. The first-order valence-electron chi connectivity index (χ1n) is 11.0. The van der Waals surface area contributed by atoms with Crippen molar-refractivity contribution in [2.75, 3.05) is 10.6 Å². The fourth-order valence-electron chi connectivity index (χ4n) is 4.33. The summed E-state index contributed by atoms with van der Waals surface area (Å²) in [5, 5.41) is 13.7. The topological polar surface area (TPSA) is 87.1 Å². The Bertz CT molecular complexity index is 1410. The minimum Gasteiger partial charge on any atom is -0.378 e. The number of fused-ring (bicyclic) bond motifs is 2. The van der Waals surface area contributed by atoms with Gasteiger partial charge < -0.3 is 15.0 Å². The second kappa shape index (κ2) is 7.41. The third-order valence-corrected chi connectivity index (χ3v) is 6.89. The highest BCUT2D eigenvalue weighted by Gasteiger charge is 2.43. The Morgan fingerprint density at radius 1 is 1.33 bits per heavy atom. The van der Waals surface area contributed by atoms with Gasteiger partial charge in [-0.1, -0.05) is 11.6 Å². The molecule has 170 valence electrons. The lowest BCUT2D eigenvalue weighted by Gasteiger charge is -2.18. The molecule has 0 spiro atoms. The molecule has 3 N–H and O–H groups in total. The molecular formula is C23H21ClF2N6O. The molecule has 10 heteroatoms. The van der Waals surface area contributed by atoms with E-state index in [1.54, 1.807) is 35.1 Å². The number of imidazole rings is 1. The summed E-state index contributed by atoms with van der Waals surface area (Å²) in [6.07, 6.45) is 6.48. The molecule has 0 saturated heterocycles. The van der Waals surface area contributed by atoms with E-state index in [0.29, 0.717) is 45.1 Å². The molecule has 0 aliphatic heterocycles. The number of rotatable bonds is 6.